The van der Waals surface area contributed by atoms with E-state index in [9.17, 15) is 9.90 Å². The van der Waals surface area contributed by atoms with Crippen molar-refractivity contribution in [3.05, 3.63) is 93.7 Å². The van der Waals surface area contributed by atoms with Gasteiger partial charge in [0.1, 0.15) is 17.1 Å². The van der Waals surface area contributed by atoms with Crippen LogP contribution in [0.15, 0.2) is 54.6 Å². The average Bonchev–Trinajstić information content (AvgIpc) is 3.44. The number of nitrogens with one attached hydrogen (secondary N) is 1. The van der Waals surface area contributed by atoms with Gasteiger partial charge in [-0.3, -0.25) is 9.89 Å². The number of hydrogen-bond donors (Lipinski definition) is 2. The molecule has 2 N–H and O–H groups in total. The summed E-state index contributed by atoms with van der Waals surface area (Å²) in [5.74, 6) is 1.37. The number of nitrogens with zero attached hydrogens (tertiary/aromatic N) is 2. The fourth-order valence-corrected chi connectivity index (χ4v) is 5.67. The molecule has 1 unspecified atom stereocenters. The Balaban J connectivity index is 1.58. The minimum atomic E-state index is -0.356. The summed E-state index contributed by atoms with van der Waals surface area (Å²) in [7, 11) is 3.23. The minimum Gasteiger partial charge on any atom is -0.507 e. The SMILES string of the molecule is COc1ccc(CCN2C(=O)c3[nH]nc(-c4c(C)cc(C)cc4O)c3C2c2ccc(C(C)(C)C)cc2)cc1OC. The maximum absolute atomic E-state index is 13.9. The van der Waals surface area contributed by atoms with Crippen molar-refractivity contribution in [1.82, 2.24) is 15.1 Å². The Morgan fingerprint density at radius 3 is 2.30 bits per heavy atom. The average molecular weight is 540 g/mol. The van der Waals surface area contributed by atoms with Gasteiger partial charge in [-0.2, -0.15) is 5.10 Å². The predicted molar refractivity (Wildman–Crippen MR) is 156 cm³/mol. The molecule has 0 saturated heterocycles. The van der Waals surface area contributed by atoms with Gasteiger partial charge in [-0.1, -0.05) is 57.2 Å². The highest BCUT2D eigenvalue weighted by molar-refractivity contribution is 6.00. The number of fused-ring (bicyclic) bond motifs is 1. The lowest BCUT2D eigenvalue weighted by Crippen LogP contribution is -2.31. The number of aromatic hydroxyl groups is 1. The summed E-state index contributed by atoms with van der Waals surface area (Å²) in [6.45, 7) is 11.0. The van der Waals surface area contributed by atoms with Crippen molar-refractivity contribution in [2.75, 3.05) is 20.8 Å². The maximum Gasteiger partial charge on any atom is 0.273 e. The number of ether oxygens (including phenoxy) is 2. The van der Waals surface area contributed by atoms with Crippen LogP contribution in [-0.4, -0.2) is 46.9 Å². The summed E-state index contributed by atoms with van der Waals surface area (Å²) in [5.41, 5.74) is 7.65. The largest absolute Gasteiger partial charge is 0.507 e. The second-order valence-electron chi connectivity index (χ2n) is 11.5. The first-order valence-corrected chi connectivity index (χ1v) is 13.5. The van der Waals surface area contributed by atoms with Gasteiger partial charge in [-0.15, -0.1) is 0 Å². The first-order chi connectivity index (χ1) is 19.0. The number of amides is 1. The summed E-state index contributed by atoms with van der Waals surface area (Å²) < 4.78 is 10.9. The van der Waals surface area contributed by atoms with Gasteiger partial charge < -0.3 is 19.5 Å². The van der Waals surface area contributed by atoms with E-state index in [1.54, 1.807) is 20.3 Å². The molecule has 7 nitrogen and oxygen atoms in total. The van der Waals surface area contributed by atoms with E-state index in [2.05, 4.69) is 55.2 Å². The number of phenolic OH excluding ortho intramolecular Hbond substituents is 1. The highest BCUT2D eigenvalue weighted by atomic mass is 16.5. The quantitative estimate of drug-likeness (QED) is 0.280. The number of phenols is 1. The maximum atomic E-state index is 13.9. The van der Waals surface area contributed by atoms with E-state index in [1.165, 1.54) is 5.56 Å². The number of aromatic amines is 1. The van der Waals surface area contributed by atoms with Crippen molar-refractivity contribution in [2.45, 2.75) is 52.5 Å². The van der Waals surface area contributed by atoms with Gasteiger partial charge in [0.05, 0.1) is 20.3 Å². The molecular weight excluding hydrogens is 502 g/mol. The molecule has 0 bridgehead atoms. The van der Waals surface area contributed by atoms with Crippen molar-refractivity contribution in [3.63, 3.8) is 0 Å². The zero-order chi connectivity index (χ0) is 28.8. The van der Waals surface area contributed by atoms with Gasteiger partial charge in [0.25, 0.3) is 5.91 Å². The predicted octanol–water partition coefficient (Wildman–Crippen LogP) is 6.50. The summed E-state index contributed by atoms with van der Waals surface area (Å²) in [5, 5.41) is 18.5. The normalized spacial score (nSPS) is 14.9. The van der Waals surface area contributed by atoms with E-state index < -0.39 is 0 Å². The van der Waals surface area contributed by atoms with E-state index in [0.717, 1.165) is 27.8 Å². The number of H-pyrrole nitrogens is 1. The van der Waals surface area contributed by atoms with Crippen molar-refractivity contribution >= 4 is 5.91 Å². The first kappa shape index (κ1) is 27.3. The Morgan fingerprint density at radius 2 is 1.68 bits per heavy atom. The molecule has 208 valence electrons. The molecule has 7 heteroatoms. The zero-order valence-electron chi connectivity index (χ0n) is 24.3. The number of aromatic nitrogens is 2. The van der Waals surface area contributed by atoms with Crippen LogP contribution in [0.1, 0.15) is 70.7 Å². The topological polar surface area (TPSA) is 87.7 Å². The van der Waals surface area contributed by atoms with Crippen LogP contribution in [0.2, 0.25) is 0 Å². The van der Waals surface area contributed by atoms with Crippen molar-refractivity contribution in [3.8, 4) is 28.5 Å². The third-order valence-corrected chi connectivity index (χ3v) is 7.74. The Hall–Kier alpha value is -4.26. The molecule has 2 heterocycles. The molecule has 0 spiro atoms. The Bertz CT molecular complexity index is 1540. The zero-order valence-corrected chi connectivity index (χ0v) is 24.3. The molecular formula is C33H37N3O4. The van der Waals surface area contributed by atoms with Crippen LogP contribution in [0, 0.1) is 13.8 Å². The number of benzene rings is 3. The molecule has 1 aliphatic heterocycles. The molecule has 1 aromatic heterocycles. The van der Waals surface area contributed by atoms with E-state index in [0.29, 0.717) is 41.4 Å². The fraction of sp³-hybridized carbons (Fsp3) is 0.333. The van der Waals surface area contributed by atoms with E-state index in [-0.39, 0.29) is 23.1 Å². The highest BCUT2D eigenvalue weighted by Crippen LogP contribution is 2.46. The molecule has 1 amide bonds. The van der Waals surface area contributed by atoms with E-state index in [1.807, 2.05) is 43.0 Å². The van der Waals surface area contributed by atoms with E-state index in [4.69, 9.17) is 9.47 Å². The standard InChI is InChI=1S/C33H37N3O4/c1-19-16-20(2)27(24(37)17-19)29-28-30(35-34-29)32(38)36(15-14-21-8-13-25(39-6)26(18-21)40-7)31(28)22-9-11-23(12-10-22)33(3,4)5/h8-13,16-18,31,37H,14-15H2,1-7H3,(H,34,35). The Morgan fingerprint density at radius 1 is 0.975 bits per heavy atom. The van der Waals surface area contributed by atoms with Crippen molar-refractivity contribution in [2.24, 2.45) is 0 Å². The third kappa shape index (κ3) is 4.81. The molecule has 40 heavy (non-hydrogen) atoms. The summed E-state index contributed by atoms with van der Waals surface area (Å²) in [4.78, 5) is 15.8. The lowest BCUT2D eigenvalue weighted by molar-refractivity contribution is 0.0746. The smallest absolute Gasteiger partial charge is 0.273 e. The van der Waals surface area contributed by atoms with Crippen molar-refractivity contribution in [1.29, 1.82) is 0 Å². The van der Waals surface area contributed by atoms with Crippen LogP contribution in [0.5, 0.6) is 17.2 Å². The van der Waals surface area contributed by atoms with Gasteiger partial charge in [-0.25, -0.2) is 0 Å². The van der Waals surface area contributed by atoms with Gasteiger partial charge in [0, 0.05) is 17.7 Å². The first-order valence-electron chi connectivity index (χ1n) is 13.5. The van der Waals surface area contributed by atoms with Crippen molar-refractivity contribution < 1.29 is 19.4 Å². The summed E-state index contributed by atoms with van der Waals surface area (Å²) in [6, 6.07) is 17.7. The number of aryl methyl sites for hydroxylation is 2. The van der Waals surface area contributed by atoms with Crippen LogP contribution in [0.3, 0.4) is 0 Å². The monoisotopic (exact) mass is 539 g/mol. The van der Waals surface area contributed by atoms with Gasteiger partial charge >= 0.3 is 0 Å². The second-order valence-corrected chi connectivity index (χ2v) is 11.5. The lowest BCUT2D eigenvalue weighted by atomic mass is 9.85. The molecule has 1 atom stereocenters. The van der Waals surface area contributed by atoms with E-state index >= 15 is 0 Å². The van der Waals surface area contributed by atoms with Crippen LogP contribution >= 0.6 is 0 Å². The van der Waals surface area contributed by atoms with Crippen LogP contribution < -0.4 is 9.47 Å². The van der Waals surface area contributed by atoms with Gasteiger partial charge in [0.15, 0.2) is 11.5 Å². The minimum absolute atomic E-state index is 0.00783. The fourth-order valence-electron chi connectivity index (χ4n) is 5.67. The second kappa shape index (κ2) is 10.4. The third-order valence-electron chi connectivity index (χ3n) is 7.74. The molecule has 5 rings (SSSR count). The molecule has 0 radical (unpaired) electrons. The summed E-state index contributed by atoms with van der Waals surface area (Å²) in [6.07, 6.45) is 0.629. The number of methoxy groups -OCH3 is 2. The molecule has 0 fully saturated rings. The number of carbonyl (C=O) groups is 1. The number of hydrogen-bond acceptors (Lipinski definition) is 5. The van der Waals surface area contributed by atoms with Crippen LogP contribution in [0.25, 0.3) is 11.3 Å². The molecule has 1 aliphatic rings. The lowest BCUT2D eigenvalue weighted by Gasteiger charge is -2.28. The number of carbonyl (C=O) groups excluding carboxylic acids is 1. The Labute approximate surface area is 235 Å². The number of rotatable bonds is 7. The van der Waals surface area contributed by atoms with Gasteiger partial charge in [-0.05, 0) is 71.7 Å². The Kier molecular flexibility index (Phi) is 7.08. The van der Waals surface area contributed by atoms with Crippen LogP contribution in [-0.2, 0) is 11.8 Å². The molecule has 3 aromatic carbocycles. The van der Waals surface area contributed by atoms with Gasteiger partial charge in [0.2, 0.25) is 0 Å². The molecule has 4 aromatic rings. The highest BCUT2D eigenvalue weighted by Gasteiger charge is 2.42. The molecule has 0 aliphatic carbocycles. The molecule has 0 saturated carbocycles. The van der Waals surface area contributed by atoms with Crippen LogP contribution in [0.4, 0.5) is 0 Å². The summed E-state index contributed by atoms with van der Waals surface area (Å²) >= 11 is 0.